The van der Waals surface area contributed by atoms with E-state index in [2.05, 4.69) is 56.6 Å². The summed E-state index contributed by atoms with van der Waals surface area (Å²) in [6.07, 6.45) is 5.95. The van der Waals surface area contributed by atoms with Crippen LogP contribution in [0.4, 0.5) is 0 Å². The van der Waals surface area contributed by atoms with Crippen molar-refractivity contribution >= 4 is 0 Å². The molecule has 116 valence electrons. The van der Waals surface area contributed by atoms with E-state index in [0.29, 0.717) is 0 Å². The van der Waals surface area contributed by atoms with Gasteiger partial charge in [0.2, 0.25) is 0 Å². The first-order valence-corrected chi connectivity index (χ1v) is 8.01. The van der Waals surface area contributed by atoms with Gasteiger partial charge in [-0.05, 0) is 31.8 Å². The molecule has 0 aromatic rings. The fourth-order valence-electron chi connectivity index (χ4n) is 2.86. The highest BCUT2D eigenvalue weighted by Crippen LogP contribution is 2.31. The second-order valence-corrected chi connectivity index (χ2v) is 5.95. The van der Waals surface area contributed by atoms with Crippen LogP contribution in [-0.2, 0) is 0 Å². The maximum absolute atomic E-state index is 10.4. The zero-order valence-corrected chi connectivity index (χ0v) is 13.9. The molecule has 0 radical (unpaired) electrons. The molecule has 0 aromatic heterocycles. The third kappa shape index (κ3) is 4.44. The van der Waals surface area contributed by atoms with Gasteiger partial charge in [-0.25, -0.2) is 0 Å². The van der Waals surface area contributed by atoms with Crippen LogP contribution < -0.4 is 0 Å². The molecule has 0 bridgehead atoms. The monoisotopic (exact) mass is 280 g/mol. The second-order valence-electron chi connectivity index (χ2n) is 5.95. The molecule has 1 rings (SSSR count). The van der Waals surface area contributed by atoms with E-state index in [9.17, 15) is 5.11 Å². The molecule has 0 amide bonds. The zero-order chi connectivity index (χ0) is 15.2. The summed E-state index contributed by atoms with van der Waals surface area (Å²) in [6.45, 7) is 17.0. The van der Waals surface area contributed by atoms with Gasteiger partial charge in [-0.3, -0.25) is 4.90 Å². The molecule has 0 aromatic carbocycles. The van der Waals surface area contributed by atoms with Gasteiger partial charge in [0, 0.05) is 18.5 Å². The van der Waals surface area contributed by atoms with Gasteiger partial charge < -0.3 is 10.0 Å². The lowest BCUT2D eigenvalue weighted by Gasteiger charge is -2.38. The smallest absolute Gasteiger partial charge is 0.0824 e. The van der Waals surface area contributed by atoms with E-state index in [1.807, 2.05) is 6.08 Å². The van der Waals surface area contributed by atoms with Crippen molar-refractivity contribution in [2.75, 3.05) is 39.3 Å². The molecule has 1 aliphatic carbocycles. The van der Waals surface area contributed by atoms with E-state index >= 15 is 0 Å². The Morgan fingerprint density at radius 3 is 2.10 bits per heavy atom. The van der Waals surface area contributed by atoms with E-state index in [1.165, 1.54) is 5.57 Å². The van der Waals surface area contributed by atoms with Crippen molar-refractivity contribution in [2.45, 2.75) is 40.7 Å². The maximum Gasteiger partial charge on any atom is 0.0824 e. The fraction of sp³-hybridized carbons (Fsp3) is 0.765. The lowest BCUT2D eigenvalue weighted by atomic mass is 9.78. The summed E-state index contributed by atoms with van der Waals surface area (Å²) in [5.74, 6) is 0. The first kappa shape index (κ1) is 17.4. The van der Waals surface area contributed by atoms with Crippen LogP contribution in [0.25, 0.3) is 0 Å². The Labute approximate surface area is 125 Å². The number of aliphatic hydroxyl groups is 1. The van der Waals surface area contributed by atoms with Crippen molar-refractivity contribution in [3.63, 3.8) is 0 Å². The van der Waals surface area contributed by atoms with Gasteiger partial charge in [0.25, 0.3) is 0 Å². The highest BCUT2D eigenvalue weighted by atomic mass is 16.3. The Hall–Kier alpha value is -0.640. The Balaban J connectivity index is 2.83. The number of nitrogens with zero attached hydrogens (tertiary/aromatic N) is 2. The molecule has 3 nitrogen and oxygen atoms in total. The molecular weight excluding hydrogens is 248 g/mol. The summed E-state index contributed by atoms with van der Waals surface area (Å²) in [5.41, 5.74) is 1.15. The highest BCUT2D eigenvalue weighted by molar-refractivity contribution is 5.31. The molecule has 0 saturated heterocycles. The normalized spacial score (nSPS) is 26.4. The van der Waals surface area contributed by atoms with Gasteiger partial charge in [-0.2, -0.15) is 0 Å². The van der Waals surface area contributed by atoms with E-state index in [1.54, 1.807) is 0 Å². The zero-order valence-electron chi connectivity index (χ0n) is 13.9. The minimum atomic E-state index is -0.386. The minimum Gasteiger partial charge on any atom is -0.388 e. The quantitative estimate of drug-likeness (QED) is 0.740. The average molecular weight is 280 g/mol. The largest absolute Gasteiger partial charge is 0.388 e. The van der Waals surface area contributed by atoms with Crippen LogP contribution in [0, 0.1) is 5.41 Å². The van der Waals surface area contributed by atoms with Gasteiger partial charge >= 0.3 is 0 Å². The van der Waals surface area contributed by atoms with Crippen LogP contribution in [-0.4, -0.2) is 60.3 Å². The minimum absolute atomic E-state index is 0.177. The first-order chi connectivity index (χ1) is 9.48. The number of likely N-dealkylation sites (N-methyl/N-ethyl adjacent to an activating group) is 1. The summed E-state index contributed by atoms with van der Waals surface area (Å²) in [4.78, 5) is 4.79. The molecular formula is C17H32N2O. The molecule has 1 N–H and O–H groups in total. The van der Waals surface area contributed by atoms with Crippen molar-refractivity contribution in [3.05, 3.63) is 23.8 Å². The predicted octanol–water partition coefficient (Wildman–Crippen LogP) is 2.53. The molecule has 2 atom stereocenters. The molecule has 3 heteroatoms. The number of rotatable bonds is 8. The summed E-state index contributed by atoms with van der Waals surface area (Å²) in [6, 6.07) is 0. The number of hydrogen-bond acceptors (Lipinski definition) is 3. The summed E-state index contributed by atoms with van der Waals surface area (Å²) < 4.78 is 0. The number of hydrogen-bond donors (Lipinski definition) is 1. The van der Waals surface area contributed by atoms with E-state index in [0.717, 1.165) is 39.3 Å². The topological polar surface area (TPSA) is 26.7 Å². The molecule has 0 spiro atoms. The van der Waals surface area contributed by atoms with Crippen LogP contribution in [0.3, 0.4) is 0 Å². The molecule has 0 fully saturated rings. The molecule has 0 saturated carbocycles. The van der Waals surface area contributed by atoms with Crippen molar-refractivity contribution in [3.8, 4) is 0 Å². The lowest BCUT2D eigenvalue weighted by molar-refractivity contribution is 0.0747. The van der Waals surface area contributed by atoms with E-state index < -0.39 is 0 Å². The third-order valence-corrected chi connectivity index (χ3v) is 4.44. The average Bonchev–Trinajstić information content (AvgIpc) is 2.46. The van der Waals surface area contributed by atoms with Crippen LogP contribution in [0.5, 0.6) is 0 Å². The van der Waals surface area contributed by atoms with Crippen LogP contribution >= 0.6 is 0 Å². The summed E-state index contributed by atoms with van der Waals surface area (Å²) >= 11 is 0. The molecule has 1 aliphatic rings. The Morgan fingerprint density at radius 2 is 1.60 bits per heavy atom. The van der Waals surface area contributed by atoms with Crippen LogP contribution in [0.1, 0.15) is 34.6 Å². The molecule has 0 heterocycles. The molecule has 2 unspecified atom stereocenters. The Morgan fingerprint density at radius 1 is 1.05 bits per heavy atom. The van der Waals surface area contributed by atoms with Gasteiger partial charge in [-0.1, -0.05) is 52.8 Å². The van der Waals surface area contributed by atoms with Gasteiger partial charge in [0.15, 0.2) is 0 Å². The second kappa shape index (κ2) is 7.96. The third-order valence-electron chi connectivity index (χ3n) is 4.44. The van der Waals surface area contributed by atoms with Crippen molar-refractivity contribution in [1.29, 1.82) is 0 Å². The first-order valence-electron chi connectivity index (χ1n) is 8.01. The fourth-order valence-corrected chi connectivity index (χ4v) is 2.86. The van der Waals surface area contributed by atoms with Gasteiger partial charge in [0.05, 0.1) is 6.10 Å². The highest BCUT2D eigenvalue weighted by Gasteiger charge is 2.33. The Bertz CT molecular complexity index is 343. The van der Waals surface area contributed by atoms with Crippen molar-refractivity contribution < 1.29 is 5.11 Å². The SMILES string of the molecule is CCN(CC)CC1=CC(C)(CN(CC)CC)C(O)C=C1. The lowest BCUT2D eigenvalue weighted by Crippen LogP contribution is -2.43. The summed E-state index contributed by atoms with van der Waals surface area (Å²) in [5, 5.41) is 10.4. The van der Waals surface area contributed by atoms with E-state index in [-0.39, 0.29) is 11.5 Å². The standard InChI is InChI=1S/C17H32N2O/c1-6-18(7-2)13-15-10-11-16(20)17(5,12-15)14-19(8-3)9-4/h10-12,16,20H,6-9,13-14H2,1-5H3. The van der Waals surface area contributed by atoms with Crippen LogP contribution in [0.15, 0.2) is 23.8 Å². The number of aliphatic hydroxyl groups excluding tert-OH is 1. The van der Waals surface area contributed by atoms with Crippen molar-refractivity contribution in [2.24, 2.45) is 5.41 Å². The van der Waals surface area contributed by atoms with Crippen molar-refractivity contribution in [1.82, 2.24) is 9.80 Å². The van der Waals surface area contributed by atoms with Gasteiger partial charge in [0.1, 0.15) is 0 Å². The maximum atomic E-state index is 10.4. The Kier molecular flexibility index (Phi) is 6.93. The molecule has 20 heavy (non-hydrogen) atoms. The molecule has 0 aliphatic heterocycles. The van der Waals surface area contributed by atoms with Crippen LogP contribution in [0.2, 0.25) is 0 Å². The summed E-state index contributed by atoms with van der Waals surface area (Å²) in [7, 11) is 0. The van der Waals surface area contributed by atoms with Gasteiger partial charge in [-0.15, -0.1) is 0 Å². The van der Waals surface area contributed by atoms with E-state index in [4.69, 9.17) is 0 Å². The predicted molar refractivity (Wildman–Crippen MR) is 86.9 cm³/mol.